The summed E-state index contributed by atoms with van der Waals surface area (Å²) in [7, 11) is 0. The van der Waals surface area contributed by atoms with Crippen LogP contribution in [-0.4, -0.2) is 53.6 Å². The number of ether oxygens (including phenoxy) is 1. The highest BCUT2D eigenvalue weighted by Crippen LogP contribution is 2.25. The summed E-state index contributed by atoms with van der Waals surface area (Å²) in [6.07, 6.45) is 3.89. The Morgan fingerprint density at radius 1 is 1.23 bits per heavy atom. The molecule has 1 amide bonds. The van der Waals surface area contributed by atoms with E-state index in [0.717, 1.165) is 36.1 Å². The molecule has 4 heterocycles. The number of carbonyl (C=O) groups is 1. The number of amides is 1. The van der Waals surface area contributed by atoms with Crippen molar-refractivity contribution in [3.8, 4) is 0 Å². The Balaban J connectivity index is 1.51. The summed E-state index contributed by atoms with van der Waals surface area (Å²) in [6, 6.07) is 3.76. The lowest BCUT2D eigenvalue weighted by Crippen LogP contribution is -2.42. The molecule has 26 heavy (non-hydrogen) atoms. The highest BCUT2D eigenvalue weighted by atomic mass is 16.5. The molecule has 0 N–H and O–H groups in total. The molecule has 2 saturated heterocycles. The van der Waals surface area contributed by atoms with Crippen LogP contribution in [0.1, 0.15) is 46.5 Å². The molecular weight excluding hydrogens is 332 g/mol. The van der Waals surface area contributed by atoms with Crippen molar-refractivity contribution in [2.45, 2.75) is 32.8 Å². The van der Waals surface area contributed by atoms with E-state index in [-0.39, 0.29) is 12.0 Å². The standard InChI is InChI=1S/C19H24N4O3/c1-13-11-14(2)26-17(13)18(24)23-9-10-25-16(12-23)15-5-6-20-19(21-15)22-7-3-4-8-22/h5-6,11,16H,3-4,7-10,12H2,1-2H3/t16-/m0/s1. The Kier molecular flexibility index (Phi) is 4.63. The van der Waals surface area contributed by atoms with Gasteiger partial charge in [-0.25, -0.2) is 9.97 Å². The molecule has 2 aromatic heterocycles. The van der Waals surface area contributed by atoms with Gasteiger partial charge in [-0.15, -0.1) is 0 Å². The topological polar surface area (TPSA) is 71.7 Å². The third-order valence-electron chi connectivity index (χ3n) is 4.97. The molecule has 138 valence electrons. The Bertz CT molecular complexity index is 798. The average molecular weight is 356 g/mol. The van der Waals surface area contributed by atoms with Gasteiger partial charge in [0.15, 0.2) is 5.76 Å². The lowest BCUT2D eigenvalue weighted by atomic mass is 10.1. The zero-order valence-electron chi connectivity index (χ0n) is 15.3. The van der Waals surface area contributed by atoms with Crippen molar-refractivity contribution in [3.63, 3.8) is 0 Å². The Morgan fingerprint density at radius 2 is 2.04 bits per heavy atom. The molecule has 2 aromatic rings. The highest BCUT2D eigenvalue weighted by molar-refractivity contribution is 5.93. The van der Waals surface area contributed by atoms with Gasteiger partial charge in [-0.1, -0.05) is 0 Å². The summed E-state index contributed by atoms with van der Waals surface area (Å²) in [6.45, 7) is 7.25. The van der Waals surface area contributed by atoms with E-state index in [1.165, 1.54) is 12.8 Å². The third-order valence-corrected chi connectivity index (χ3v) is 4.97. The lowest BCUT2D eigenvalue weighted by molar-refractivity contribution is -0.0257. The van der Waals surface area contributed by atoms with Crippen LogP contribution >= 0.6 is 0 Å². The molecule has 0 aromatic carbocycles. The van der Waals surface area contributed by atoms with Crippen molar-refractivity contribution in [1.82, 2.24) is 14.9 Å². The zero-order valence-corrected chi connectivity index (χ0v) is 15.3. The predicted molar refractivity (Wildman–Crippen MR) is 96.3 cm³/mol. The number of anilines is 1. The van der Waals surface area contributed by atoms with E-state index in [1.807, 2.05) is 26.0 Å². The molecule has 7 nitrogen and oxygen atoms in total. The maximum absolute atomic E-state index is 12.8. The SMILES string of the molecule is Cc1cc(C)c(C(=O)N2CCO[C@H](c3ccnc(N4CCCC4)n3)C2)o1. The van der Waals surface area contributed by atoms with E-state index in [2.05, 4.69) is 9.88 Å². The van der Waals surface area contributed by atoms with Gasteiger partial charge in [0.05, 0.1) is 18.8 Å². The predicted octanol–water partition coefficient (Wildman–Crippen LogP) is 2.50. The van der Waals surface area contributed by atoms with Crippen LogP contribution in [0.3, 0.4) is 0 Å². The fraction of sp³-hybridized carbons (Fsp3) is 0.526. The summed E-state index contributed by atoms with van der Waals surface area (Å²) >= 11 is 0. The van der Waals surface area contributed by atoms with Crippen LogP contribution in [0.5, 0.6) is 0 Å². The van der Waals surface area contributed by atoms with E-state index >= 15 is 0 Å². The molecule has 2 aliphatic rings. The number of aryl methyl sites for hydroxylation is 2. The minimum atomic E-state index is -0.242. The summed E-state index contributed by atoms with van der Waals surface area (Å²) in [5.41, 5.74) is 1.70. The second-order valence-electron chi connectivity index (χ2n) is 6.96. The van der Waals surface area contributed by atoms with E-state index in [0.29, 0.717) is 25.5 Å². The molecule has 0 bridgehead atoms. The third kappa shape index (κ3) is 3.31. The summed E-state index contributed by atoms with van der Waals surface area (Å²) < 4.78 is 11.5. The number of nitrogens with zero attached hydrogens (tertiary/aromatic N) is 4. The van der Waals surface area contributed by atoms with Crippen LogP contribution < -0.4 is 4.90 Å². The molecule has 0 radical (unpaired) electrons. The second kappa shape index (κ2) is 7.07. The van der Waals surface area contributed by atoms with Crippen LogP contribution in [0, 0.1) is 13.8 Å². The van der Waals surface area contributed by atoms with Crippen LogP contribution in [0.25, 0.3) is 0 Å². The first-order chi connectivity index (χ1) is 12.6. The van der Waals surface area contributed by atoms with Crippen molar-refractivity contribution >= 4 is 11.9 Å². The van der Waals surface area contributed by atoms with Gasteiger partial charge in [0.1, 0.15) is 11.9 Å². The largest absolute Gasteiger partial charge is 0.456 e. The smallest absolute Gasteiger partial charge is 0.290 e. The Morgan fingerprint density at radius 3 is 2.77 bits per heavy atom. The molecule has 4 rings (SSSR count). The monoisotopic (exact) mass is 356 g/mol. The first kappa shape index (κ1) is 17.0. The first-order valence-electron chi connectivity index (χ1n) is 9.17. The molecule has 0 spiro atoms. The first-order valence-corrected chi connectivity index (χ1v) is 9.17. The number of morpholine rings is 1. The van der Waals surface area contributed by atoms with Crippen LogP contribution in [0.15, 0.2) is 22.7 Å². The fourth-order valence-corrected chi connectivity index (χ4v) is 3.62. The quantitative estimate of drug-likeness (QED) is 0.841. The maximum atomic E-state index is 12.8. The number of hydrogen-bond acceptors (Lipinski definition) is 6. The van der Waals surface area contributed by atoms with Gasteiger partial charge in [-0.3, -0.25) is 4.79 Å². The van der Waals surface area contributed by atoms with Gasteiger partial charge in [0.25, 0.3) is 5.91 Å². The lowest BCUT2D eigenvalue weighted by Gasteiger charge is -2.32. The summed E-state index contributed by atoms with van der Waals surface area (Å²) in [5.74, 6) is 1.84. The van der Waals surface area contributed by atoms with E-state index in [1.54, 1.807) is 11.1 Å². The number of hydrogen-bond donors (Lipinski definition) is 0. The maximum Gasteiger partial charge on any atom is 0.290 e. The van der Waals surface area contributed by atoms with E-state index < -0.39 is 0 Å². The van der Waals surface area contributed by atoms with Gasteiger partial charge in [0, 0.05) is 31.4 Å². The van der Waals surface area contributed by atoms with E-state index in [9.17, 15) is 4.79 Å². The van der Waals surface area contributed by atoms with Crippen LogP contribution in [-0.2, 0) is 4.74 Å². The van der Waals surface area contributed by atoms with Crippen LogP contribution in [0.2, 0.25) is 0 Å². The second-order valence-corrected chi connectivity index (χ2v) is 6.96. The molecular formula is C19H24N4O3. The van der Waals surface area contributed by atoms with Crippen LogP contribution in [0.4, 0.5) is 5.95 Å². The van der Waals surface area contributed by atoms with Crippen molar-refractivity contribution in [1.29, 1.82) is 0 Å². The van der Waals surface area contributed by atoms with Gasteiger partial charge in [0.2, 0.25) is 5.95 Å². The summed E-state index contributed by atoms with van der Waals surface area (Å²) in [4.78, 5) is 25.9. The Hall–Kier alpha value is -2.41. The average Bonchev–Trinajstić information content (AvgIpc) is 3.31. The number of carbonyl (C=O) groups excluding carboxylic acids is 1. The van der Waals surface area contributed by atoms with Gasteiger partial charge < -0.3 is 19.0 Å². The zero-order chi connectivity index (χ0) is 18.1. The fourth-order valence-electron chi connectivity index (χ4n) is 3.62. The van der Waals surface area contributed by atoms with Crippen molar-refractivity contribution < 1.29 is 13.9 Å². The summed E-state index contributed by atoms with van der Waals surface area (Å²) in [5, 5.41) is 0. The number of rotatable bonds is 3. The van der Waals surface area contributed by atoms with Gasteiger partial charge in [-0.05, 0) is 38.8 Å². The Labute approximate surface area is 153 Å². The highest BCUT2D eigenvalue weighted by Gasteiger charge is 2.30. The minimum absolute atomic E-state index is 0.0854. The van der Waals surface area contributed by atoms with Crippen molar-refractivity contribution in [2.75, 3.05) is 37.7 Å². The van der Waals surface area contributed by atoms with E-state index in [4.69, 9.17) is 14.1 Å². The number of aromatic nitrogens is 2. The molecule has 2 fully saturated rings. The van der Waals surface area contributed by atoms with Gasteiger partial charge >= 0.3 is 0 Å². The normalized spacial score (nSPS) is 20.6. The van der Waals surface area contributed by atoms with Crippen molar-refractivity contribution in [2.24, 2.45) is 0 Å². The molecule has 7 heteroatoms. The number of furan rings is 1. The van der Waals surface area contributed by atoms with Gasteiger partial charge in [-0.2, -0.15) is 0 Å². The molecule has 0 saturated carbocycles. The minimum Gasteiger partial charge on any atom is -0.456 e. The molecule has 1 atom stereocenters. The molecule has 2 aliphatic heterocycles. The van der Waals surface area contributed by atoms with Crippen molar-refractivity contribution in [3.05, 3.63) is 41.1 Å². The molecule has 0 aliphatic carbocycles. The molecule has 0 unspecified atom stereocenters.